The summed E-state index contributed by atoms with van der Waals surface area (Å²) in [6.45, 7) is 6.50. The zero-order valence-corrected chi connectivity index (χ0v) is 16.1. The first-order chi connectivity index (χ1) is 11.8. The quantitative estimate of drug-likeness (QED) is 0.401. The number of nitrogens with zero attached hydrogens (tertiary/aromatic N) is 1. The zero-order chi connectivity index (χ0) is 18.5. The van der Waals surface area contributed by atoms with Crippen LogP contribution in [0.3, 0.4) is 0 Å². The average molecular weight is 369 g/mol. The largest absolute Gasteiger partial charge is 0.487 e. The van der Waals surface area contributed by atoms with E-state index >= 15 is 0 Å². The summed E-state index contributed by atoms with van der Waals surface area (Å²) >= 11 is 0. The maximum atomic E-state index is 11.4. The molecule has 1 unspecified atom stereocenters. The molecule has 0 saturated heterocycles. The zero-order valence-electron chi connectivity index (χ0n) is 15.3. The van der Waals surface area contributed by atoms with Crippen molar-refractivity contribution in [3.63, 3.8) is 0 Å². The average Bonchev–Trinajstić information content (AvgIpc) is 2.56. The minimum absolute atomic E-state index is 0.0680. The van der Waals surface area contributed by atoms with Gasteiger partial charge in [-0.3, -0.25) is 4.99 Å². The lowest BCUT2D eigenvalue weighted by atomic mass is 9.90. The lowest BCUT2D eigenvalue weighted by Gasteiger charge is -2.38. The second-order valence-electron chi connectivity index (χ2n) is 6.60. The van der Waals surface area contributed by atoms with E-state index in [1.807, 2.05) is 24.3 Å². The molecule has 1 atom stereocenters. The van der Waals surface area contributed by atoms with Gasteiger partial charge >= 0.3 is 0 Å². The Labute approximate surface area is 150 Å². The molecule has 1 aromatic carbocycles. The smallest absolute Gasteiger partial charge is 0.211 e. The van der Waals surface area contributed by atoms with Gasteiger partial charge in [-0.25, -0.2) is 13.1 Å². The predicted molar refractivity (Wildman–Crippen MR) is 100 cm³/mol. The molecule has 7 nitrogen and oxygen atoms in total. The summed E-state index contributed by atoms with van der Waals surface area (Å²) in [7, 11) is -1.48. The number of ether oxygens (including phenoxy) is 1. The summed E-state index contributed by atoms with van der Waals surface area (Å²) in [6.07, 6.45) is 0.799. The van der Waals surface area contributed by atoms with Gasteiger partial charge in [0.05, 0.1) is 11.8 Å². The molecule has 1 heterocycles. The normalized spacial score (nSPS) is 19.7. The third-order valence-corrected chi connectivity index (χ3v) is 5.43. The number of benzene rings is 1. The topological polar surface area (TPSA) is 91.8 Å². The predicted octanol–water partition coefficient (Wildman–Crippen LogP) is 1.39. The van der Waals surface area contributed by atoms with Gasteiger partial charge in [-0.2, -0.15) is 0 Å². The van der Waals surface area contributed by atoms with Gasteiger partial charge in [0.15, 0.2) is 5.96 Å². The highest BCUT2D eigenvalue weighted by atomic mass is 32.2. The maximum Gasteiger partial charge on any atom is 0.211 e. The van der Waals surface area contributed by atoms with Gasteiger partial charge in [0.25, 0.3) is 0 Å². The lowest BCUT2D eigenvalue weighted by Crippen LogP contribution is -2.46. The van der Waals surface area contributed by atoms with Gasteiger partial charge in [0, 0.05) is 32.1 Å². The Balaban J connectivity index is 1.97. The van der Waals surface area contributed by atoms with E-state index in [9.17, 15) is 8.42 Å². The van der Waals surface area contributed by atoms with Gasteiger partial charge in [0.1, 0.15) is 11.4 Å². The van der Waals surface area contributed by atoms with Crippen LogP contribution in [0.4, 0.5) is 0 Å². The van der Waals surface area contributed by atoms with E-state index < -0.39 is 10.0 Å². The molecule has 0 bridgehead atoms. The molecule has 0 saturated carbocycles. The summed E-state index contributed by atoms with van der Waals surface area (Å²) in [5.74, 6) is 1.59. The van der Waals surface area contributed by atoms with Crippen LogP contribution in [0.1, 0.15) is 38.8 Å². The van der Waals surface area contributed by atoms with Crippen LogP contribution in [-0.2, 0) is 10.0 Å². The molecule has 0 radical (unpaired) electrons. The molecule has 25 heavy (non-hydrogen) atoms. The number of sulfonamides is 1. The highest BCUT2D eigenvalue weighted by Gasteiger charge is 2.33. The van der Waals surface area contributed by atoms with Crippen molar-refractivity contribution in [2.45, 2.75) is 38.8 Å². The van der Waals surface area contributed by atoms with Gasteiger partial charge in [0.2, 0.25) is 10.0 Å². The van der Waals surface area contributed by atoms with Gasteiger partial charge < -0.3 is 15.4 Å². The number of guanidine groups is 1. The number of fused-ring (bicyclic) bond motifs is 1. The monoisotopic (exact) mass is 368 g/mol. The summed E-state index contributed by atoms with van der Waals surface area (Å²) in [5.41, 5.74) is 0.818. The van der Waals surface area contributed by atoms with E-state index in [0.29, 0.717) is 19.0 Å². The Bertz CT molecular complexity index is 716. The highest BCUT2D eigenvalue weighted by molar-refractivity contribution is 7.89. The van der Waals surface area contributed by atoms with Crippen LogP contribution in [-0.4, -0.2) is 45.9 Å². The summed E-state index contributed by atoms with van der Waals surface area (Å²) < 4.78 is 31.4. The van der Waals surface area contributed by atoms with Crippen LogP contribution in [0, 0.1) is 0 Å². The van der Waals surface area contributed by atoms with Crippen LogP contribution >= 0.6 is 0 Å². The second-order valence-corrected chi connectivity index (χ2v) is 8.69. The lowest BCUT2D eigenvalue weighted by molar-refractivity contribution is 0.0694. The van der Waals surface area contributed by atoms with Gasteiger partial charge in [-0.1, -0.05) is 18.2 Å². The third kappa shape index (κ3) is 5.61. The Morgan fingerprint density at radius 3 is 2.72 bits per heavy atom. The Morgan fingerprint density at radius 2 is 2.04 bits per heavy atom. The van der Waals surface area contributed by atoms with Crippen molar-refractivity contribution in [2.24, 2.45) is 4.99 Å². The van der Waals surface area contributed by atoms with Crippen molar-refractivity contribution in [1.82, 2.24) is 15.4 Å². The minimum Gasteiger partial charge on any atom is -0.487 e. The Hall–Kier alpha value is -1.80. The summed E-state index contributed by atoms with van der Waals surface area (Å²) in [4.78, 5) is 4.23. The molecular weight excluding hydrogens is 340 g/mol. The van der Waals surface area contributed by atoms with E-state index in [1.165, 1.54) is 0 Å². The van der Waals surface area contributed by atoms with Crippen molar-refractivity contribution >= 4 is 16.0 Å². The molecule has 2 rings (SSSR count). The molecule has 0 fully saturated rings. The Morgan fingerprint density at radius 1 is 1.32 bits per heavy atom. The first-order valence-corrected chi connectivity index (χ1v) is 10.1. The number of para-hydroxylation sites is 1. The molecule has 0 aliphatic carbocycles. The molecule has 8 heteroatoms. The molecule has 0 spiro atoms. The standard InChI is InChI=1S/C17H28N4O3S/c1-5-25(22,23)20-11-10-19-16(18-4)21-14-12-17(2,3)24-15-9-7-6-8-13(14)15/h6-9,14,20H,5,10-12H2,1-4H3,(H2,18,19,21). The van der Waals surface area contributed by atoms with Crippen LogP contribution in [0.15, 0.2) is 29.3 Å². The number of rotatable bonds is 6. The summed E-state index contributed by atoms with van der Waals surface area (Å²) in [5, 5.41) is 6.55. The number of aliphatic imine (C=N–C) groups is 1. The molecule has 3 N–H and O–H groups in total. The highest BCUT2D eigenvalue weighted by Crippen LogP contribution is 2.39. The van der Waals surface area contributed by atoms with Gasteiger partial charge in [-0.15, -0.1) is 0 Å². The van der Waals surface area contributed by atoms with Crippen LogP contribution < -0.4 is 20.1 Å². The maximum absolute atomic E-state index is 11.4. The molecule has 0 amide bonds. The summed E-state index contributed by atoms with van der Waals surface area (Å²) in [6, 6.07) is 8.04. The number of nitrogens with one attached hydrogen (secondary N) is 3. The van der Waals surface area contributed by atoms with Crippen molar-refractivity contribution < 1.29 is 13.2 Å². The molecule has 0 aromatic heterocycles. The fourth-order valence-electron chi connectivity index (χ4n) is 2.78. The fraction of sp³-hybridized carbons (Fsp3) is 0.588. The van der Waals surface area contributed by atoms with Crippen molar-refractivity contribution in [1.29, 1.82) is 0 Å². The Kier molecular flexibility index (Phi) is 6.29. The van der Waals surface area contributed by atoms with E-state index in [2.05, 4.69) is 34.2 Å². The van der Waals surface area contributed by atoms with Crippen molar-refractivity contribution in [2.75, 3.05) is 25.9 Å². The number of hydrogen-bond acceptors (Lipinski definition) is 4. The van der Waals surface area contributed by atoms with Crippen LogP contribution in [0.5, 0.6) is 5.75 Å². The first kappa shape index (κ1) is 19.5. The SMILES string of the molecule is CCS(=O)(=O)NCCNC(=NC)NC1CC(C)(C)Oc2ccccc21. The molecular formula is C17H28N4O3S. The molecule has 1 aliphatic rings. The molecule has 140 valence electrons. The van der Waals surface area contributed by atoms with E-state index in [4.69, 9.17) is 4.74 Å². The number of hydrogen-bond donors (Lipinski definition) is 3. The molecule has 1 aromatic rings. The van der Waals surface area contributed by atoms with E-state index in [-0.39, 0.29) is 17.4 Å². The second kappa shape index (κ2) is 8.05. The van der Waals surface area contributed by atoms with Crippen molar-refractivity contribution in [3.8, 4) is 5.75 Å². The van der Waals surface area contributed by atoms with Crippen LogP contribution in [0.2, 0.25) is 0 Å². The first-order valence-electron chi connectivity index (χ1n) is 8.49. The minimum atomic E-state index is -3.17. The third-order valence-electron chi connectivity index (χ3n) is 4.03. The fourth-order valence-corrected chi connectivity index (χ4v) is 3.40. The van der Waals surface area contributed by atoms with E-state index in [0.717, 1.165) is 17.7 Å². The van der Waals surface area contributed by atoms with Crippen LogP contribution in [0.25, 0.3) is 0 Å². The van der Waals surface area contributed by atoms with E-state index in [1.54, 1.807) is 14.0 Å². The van der Waals surface area contributed by atoms with Crippen molar-refractivity contribution in [3.05, 3.63) is 29.8 Å². The van der Waals surface area contributed by atoms with Gasteiger partial charge in [-0.05, 0) is 26.8 Å². The molecule has 1 aliphatic heterocycles.